The molecule has 5 rings (SSSR count). The van der Waals surface area contributed by atoms with E-state index in [0.717, 1.165) is 18.5 Å². The number of likely N-dealkylation sites (tertiary alicyclic amines) is 1. The van der Waals surface area contributed by atoms with Crippen molar-refractivity contribution in [2.45, 2.75) is 12.8 Å². The molecule has 1 atom stereocenters. The van der Waals surface area contributed by atoms with E-state index >= 15 is 0 Å². The topological polar surface area (TPSA) is 143 Å². The third kappa shape index (κ3) is 4.83. The summed E-state index contributed by atoms with van der Waals surface area (Å²) in [5.41, 5.74) is 3.04. The molecule has 4 aromatic heterocycles. The van der Waals surface area contributed by atoms with Crippen molar-refractivity contribution in [3.63, 3.8) is 0 Å². The summed E-state index contributed by atoms with van der Waals surface area (Å²) in [6.07, 6.45) is 5.95. The number of carbonyl (C=O) groups excluding carboxylic acids is 2. The molecule has 0 saturated carbocycles. The van der Waals surface area contributed by atoms with Gasteiger partial charge in [-0.1, -0.05) is 17.8 Å². The van der Waals surface area contributed by atoms with E-state index in [0.29, 0.717) is 41.7 Å². The van der Waals surface area contributed by atoms with Crippen molar-refractivity contribution < 1.29 is 14.1 Å². The van der Waals surface area contributed by atoms with E-state index in [1.807, 2.05) is 18.2 Å². The number of carbonyl (C=O) groups is 2. The molecule has 35 heavy (non-hydrogen) atoms. The number of hydrogen-bond acceptors (Lipinski definition) is 8. The maximum atomic E-state index is 12.7. The fourth-order valence-corrected chi connectivity index (χ4v) is 3.90. The maximum Gasteiger partial charge on any atom is 0.276 e. The molecule has 2 N–H and O–H groups in total. The number of pyridine rings is 2. The van der Waals surface area contributed by atoms with Gasteiger partial charge in [-0.05, 0) is 49.2 Å². The standard InChI is InChI=1S/C24H22N8O3/c1-2-21(33)32-12-4-5-15(14-32)23(34)27-16-8-9-20(25-13-16)24-29-22(31-35-24)19-7-3-6-17(28-19)18-10-11-26-30-18/h2-3,6-11,13,15H,1,4-5,12,14H2,(H,26,30)(H,27,34)/t15-/m0/s1. The minimum atomic E-state index is -0.282. The van der Waals surface area contributed by atoms with Crippen molar-refractivity contribution in [2.75, 3.05) is 18.4 Å². The van der Waals surface area contributed by atoms with Gasteiger partial charge >= 0.3 is 0 Å². The van der Waals surface area contributed by atoms with Gasteiger partial charge in [-0.25, -0.2) is 9.97 Å². The summed E-state index contributed by atoms with van der Waals surface area (Å²) in [6, 6.07) is 10.7. The molecular weight excluding hydrogens is 448 g/mol. The Hall–Kier alpha value is -4.67. The number of nitrogens with one attached hydrogen (secondary N) is 2. The largest absolute Gasteiger partial charge is 0.338 e. The number of nitrogens with zero attached hydrogens (tertiary/aromatic N) is 6. The Morgan fingerprint density at radius 3 is 2.80 bits per heavy atom. The Morgan fingerprint density at radius 2 is 2.03 bits per heavy atom. The van der Waals surface area contributed by atoms with E-state index in [9.17, 15) is 9.59 Å². The van der Waals surface area contributed by atoms with Crippen LogP contribution in [0.1, 0.15) is 12.8 Å². The first-order valence-electron chi connectivity index (χ1n) is 11.1. The molecule has 0 spiro atoms. The lowest BCUT2D eigenvalue weighted by Crippen LogP contribution is -2.43. The van der Waals surface area contributed by atoms with Crippen molar-refractivity contribution in [1.82, 2.24) is 35.2 Å². The van der Waals surface area contributed by atoms with Crippen molar-refractivity contribution in [3.05, 3.63) is 61.4 Å². The fraction of sp³-hybridized carbons (Fsp3) is 0.208. The number of hydrogen-bond donors (Lipinski definition) is 2. The van der Waals surface area contributed by atoms with Crippen LogP contribution >= 0.6 is 0 Å². The van der Waals surface area contributed by atoms with Gasteiger partial charge in [0.25, 0.3) is 5.89 Å². The smallest absolute Gasteiger partial charge is 0.276 e. The molecule has 0 aromatic carbocycles. The van der Waals surface area contributed by atoms with Gasteiger partial charge in [-0.2, -0.15) is 10.1 Å². The zero-order chi connectivity index (χ0) is 24.2. The van der Waals surface area contributed by atoms with E-state index in [1.165, 1.54) is 12.3 Å². The van der Waals surface area contributed by atoms with Gasteiger partial charge < -0.3 is 14.7 Å². The third-order valence-electron chi connectivity index (χ3n) is 5.71. The molecule has 176 valence electrons. The van der Waals surface area contributed by atoms with Crippen molar-refractivity contribution in [3.8, 4) is 34.5 Å². The molecule has 1 fully saturated rings. The van der Waals surface area contributed by atoms with Gasteiger partial charge in [0, 0.05) is 19.3 Å². The number of H-pyrrole nitrogens is 1. The van der Waals surface area contributed by atoms with E-state index in [2.05, 4.69) is 42.2 Å². The van der Waals surface area contributed by atoms with Crippen LogP contribution in [0.25, 0.3) is 34.5 Å². The zero-order valence-electron chi connectivity index (χ0n) is 18.7. The van der Waals surface area contributed by atoms with Crippen LogP contribution in [0.5, 0.6) is 0 Å². The Labute approximate surface area is 200 Å². The highest BCUT2D eigenvalue weighted by Crippen LogP contribution is 2.24. The number of aromatic nitrogens is 6. The summed E-state index contributed by atoms with van der Waals surface area (Å²) >= 11 is 0. The molecule has 0 radical (unpaired) electrons. The minimum absolute atomic E-state index is 0.149. The summed E-state index contributed by atoms with van der Waals surface area (Å²) in [5, 5.41) is 13.7. The van der Waals surface area contributed by atoms with Gasteiger partial charge in [0.15, 0.2) is 0 Å². The van der Waals surface area contributed by atoms with Crippen LogP contribution in [-0.4, -0.2) is 60.1 Å². The fourth-order valence-electron chi connectivity index (χ4n) is 3.90. The average molecular weight is 470 g/mol. The highest BCUT2D eigenvalue weighted by molar-refractivity contribution is 5.93. The molecule has 0 unspecified atom stereocenters. The van der Waals surface area contributed by atoms with Crippen molar-refractivity contribution in [2.24, 2.45) is 5.92 Å². The lowest BCUT2D eigenvalue weighted by molar-refractivity contribution is -0.130. The average Bonchev–Trinajstić information content (AvgIpc) is 3.62. The normalized spacial score (nSPS) is 15.5. The highest BCUT2D eigenvalue weighted by Gasteiger charge is 2.27. The number of rotatable bonds is 6. The molecule has 0 aliphatic carbocycles. The van der Waals surface area contributed by atoms with E-state index in [1.54, 1.807) is 29.3 Å². The molecule has 2 amide bonds. The molecule has 11 heteroatoms. The van der Waals surface area contributed by atoms with Crippen LogP contribution in [-0.2, 0) is 9.59 Å². The first-order chi connectivity index (χ1) is 17.1. The molecular formula is C24H22N8O3. The van der Waals surface area contributed by atoms with E-state index < -0.39 is 0 Å². The van der Waals surface area contributed by atoms with Crippen LogP contribution in [0.3, 0.4) is 0 Å². The predicted octanol–water partition coefficient (Wildman–Crippen LogP) is 2.95. The van der Waals surface area contributed by atoms with Gasteiger partial charge in [-0.3, -0.25) is 14.7 Å². The molecule has 5 heterocycles. The lowest BCUT2D eigenvalue weighted by Gasteiger charge is -2.31. The molecule has 0 bridgehead atoms. The second-order valence-electron chi connectivity index (χ2n) is 8.05. The summed E-state index contributed by atoms with van der Waals surface area (Å²) in [6.45, 7) is 4.53. The molecule has 1 aliphatic rings. The second kappa shape index (κ2) is 9.67. The maximum absolute atomic E-state index is 12.7. The Bertz CT molecular complexity index is 1350. The minimum Gasteiger partial charge on any atom is -0.338 e. The first kappa shape index (κ1) is 22.1. The molecule has 4 aromatic rings. The number of aromatic amines is 1. The zero-order valence-corrected chi connectivity index (χ0v) is 18.7. The van der Waals surface area contributed by atoms with Gasteiger partial charge in [0.2, 0.25) is 17.6 Å². The number of anilines is 1. The van der Waals surface area contributed by atoms with Crippen LogP contribution in [0, 0.1) is 5.92 Å². The predicted molar refractivity (Wildman–Crippen MR) is 126 cm³/mol. The van der Waals surface area contributed by atoms with E-state index in [4.69, 9.17) is 4.52 Å². The van der Waals surface area contributed by atoms with Crippen LogP contribution in [0.2, 0.25) is 0 Å². The van der Waals surface area contributed by atoms with Crippen molar-refractivity contribution in [1.29, 1.82) is 0 Å². The summed E-state index contributed by atoms with van der Waals surface area (Å²) in [5.74, 6) is -0.0233. The Kier molecular flexibility index (Phi) is 6.12. The van der Waals surface area contributed by atoms with Crippen LogP contribution in [0.4, 0.5) is 5.69 Å². The third-order valence-corrected chi connectivity index (χ3v) is 5.71. The molecule has 1 aliphatic heterocycles. The van der Waals surface area contributed by atoms with Gasteiger partial charge in [0.1, 0.15) is 11.4 Å². The highest BCUT2D eigenvalue weighted by atomic mass is 16.5. The summed E-state index contributed by atoms with van der Waals surface area (Å²) in [4.78, 5) is 39.5. The SMILES string of the molecule is C=CC(=O)N1CCC[C@H](C(=O)Nc2ccc(-c3nc(-c4cccc(-c5ccn[nH]5)n4)no3)nc2)C1. The molecule has 11 nitrogen and oxygen atoms in total. The summed E-state index contributed by atoms with van der Waals surface area (Å²) < 4.78 is 5.38. The van der Waals surface area contributed by atoms with Gasteiger partial charge in [0.05, 0.1) is 29.2 Å². The molecule has 1 saturated heterocycles. The Morgan fingerprint density at radius 1 is 1.14 bits per heavy atom. The quantitative estimate of drug-likeness (QED) is 0.410. The second-order valence-corrected chi connectivity index (χ2v) is 8.05. The van der Waals surface area contributed by atoms with E-state index in [-0.39, 0.29) is 23.6 Å². The van der Waals surface area contributed by atoms with Crippen LogP contribution in [0.15, 0.2) is 66.0 Å². The number of amides is 2. The van der Waals surface area contributed by atoms with Crippen LogP contribution < -0.4 is 5.32 Å². The van der Waals surface area contributed by atoms with Gasteiger partial charge in [-0.15, -0.1) is 0 Å². The summed E-state index contributed by atoms with van der Waals surface area (Å²) in [7, 11) is 0. The monoisotopic (exact) mass is 470 g/mol. The number of piperidine rings is 1. The Balaban J connectivity index is 1.25. The van der Waals surface area contributed by atoms with Crippen molar-refractivity contribution >= 4 is 17.5 Å². The lowest BCUT2D eigenvalue weighted by atomic mass is 9.97. The first-order valence-corrected chi connectivity index (χ1v) is 11.1.